The molecule has 1 amide bonds. The maximum absolute atomic E-state index is 12.5. The minimum Gasteiger partial charge on any atom is -0.497 e. The Morgan fingerprint density at radius 3 is 2.42 bits per heavy atom. The van der Waals surface area contributed by atoms with Crippen LogP contribution in [0.4, 0.5) is 5.69 Å². The average molecular weight is 477 g/mol. The average Bonchev–Trinajstić information content (AvgIpc) is 2.78. The minimum absolute atomic E-state index is 0.00366. The molecule has 31 heavy (non-hydrogen) atoms. The van der Waals surface area contributed by atoms with E-state index in [9.17, 15) is 10.1 Å². The molecule has 1 N–H and O–H groups in total. The number of nitriles is 1. The summed E-state index contributed by atoms with van der Waals surface area (Å²) in [4.78, 5) is 12.5. The predicted octanol–water partition coefficient (Wildman–Crippen LogP) is 5.89. The summed E-state index contributed by atoms with van der Waals surface area (Å²) < 4.78 is 11.7. The van der Waals surface area contributed by atoms with Gasteiger partial charge in [0.25, 0.3) is 5.91 Å². The number of carbonyl (C=O) groups excluding carboxylic acids is 1. The first kappa shape index (κ1) is 22.1. The van der Waals surface area contributed by atoms with Crippen molar-refractivity contribution in [2.45, 2.75) is 13.5 Å². The summed E-state index contributed by atoms with van der Waals surface area (Å²) in [5.41, 5.74) is 3.55. The van der Waals surface area contributed by atoms with Crippen molar-refractivity contribution in [2.75, 3.05) is 12.4 Å². The zero-order chi connectivity index (χ0) is 22.2. The first-order valence-electron chi connectivity index (χ1n) is 9.53. The number of methoxy groups -OCH3 is 1. The molecule has 0 aromatic heterocycles. The fraction of sp³-hybridized carbons (Fsp3) is 0.120. The van der Waals surface area contributed by atoms with Gasteiger partial charge >= 0.3 is 0 Å². The number of ether oxygens (including phenoxy) is 2. The molecular formula is C25H21BrN2O3. The molecule has 0 heterocycles. The van der Waals surface area contributed by atoms with Crippen LogP contribution in [0.3, 0.4) is 0 Å². The van der Waals surface area contributed by atoms with Gasteiger partial charge in [0.1, 0.15) is 29.7 Å². The summed E-state index contributed by atoms with van der Waals surface area (Å²) in [6.45, 7) is 2.49. The molecule has 0 aliphatic rings. The van der Waals surface area contributed by atoms with Gasteiger partial charge in [0, 0.05) is 5.69 Å². The Balaban J connectivity index is 1.68. The van der Waals surface area contributed by atoms with Crippen LogP contribution in [0, 0.1) is 18.3 Å². The van der Waals surface area contributed by atoms with Gasteiger partial charge in [-0.15, -0.1) is 0 Å². The lowest BCUT2D eigenvalue weighted by molar-refractivity contribution is -0.112. The predicted molar refractivity (Wildman–Crippen MR) is 125 cm³/mol. The first-order chi connectivity index (χ1) is 15.0. The molecule has 0 aliphatic heterocycles. The zero-order valence-electron chi connectivity index (χ0n) is 17.2. The highest BCUT2D eigenvalue weighted by molar-refractivity contribution is 9.10. The third kappa shape index (κ3) is 6.21. The molecule has 3 rings (SSSR count). The monoisotopic (exact) mass is 476 g/mol. The van der Waals surface area contributed by atoms with Crippen molar-refractivity contribution in [1.29, 1.82) is 5.26 Å². The molecule has 0 radical (unpaired) electrons. The molecule has 0 fully saturated rings. The Hall–Kier alpha value is -3.56. The smallest absolute Gasteiger partial charge is 0.266 e. The number of hydrogen-bond acceptors (Lipinski definition) is 4. The van der Waals surface area contributed by atoms with E-state index in [0.717, 1.165) is 10.0 Å². The number of aryl methyl sites for hydroxylation is 1. The minimum atomic E-state index is -0.483. The number of benzene rings is 3. The molecule has 6 heteroatoms. The van der Waals surface area contributed by atoms with Crippen LogP contribution in [-0.2, 0) is 11.4 Å². The van der Waals surface area contributed by atoms with Gasteiger partial charge in [0.05, 0.1) is 11.6 Å². The second kappa shape index (κ2) is 10.5. The van der Waals surface area contributed by atoms with E-state index >= 15 is 0 Å². The highest BCUT2D eigenvalue weighted by Crippen LogP contribution is 2.28. The van der Waals surface area contributed by atoms with Crippen LogP contribution in [0.15, 0.2) is 76.8 Å². The summed E-state index contributed by atoms with van der Waals surface area (Å²) in [6, 6.07) is 22.4. The standard InChI is InChI=1S/C25H21BrN2O3/c1-17-3-5-18(6-4-17)16-31-24-12-7-19(14-23(24)26)13-20(15-27)25(29)28-21-8-10-22(30-2)11-9-21/h3-14H,16H2,1-2H3,(H,28,29)/b20-13-. The molecule has 0 spiro atoms. The van der Waals surface area contributed by atoms with Crippen LogP contribution in [-0.4, -0.2) is 13.0 Å². The van der Waals surface area contributed by atoms with E-state index in [1.165, 1.54) is 11.6 Å². The molecule has 3 aromatic rings. The third-order valence-electron chi connectivity index (χ3n) is 4.49. The van der Waals surface area contributed by atoms with Crippen molar-refractivity contribution < 1.29 is 14.3 Å². The SMILES string of the molecule is COc1ccc(NC(=O)/C(C#N)=C\c2ccc(OCc3ccc(C)cc3)c(Br)c2)cc1. The van der Waals surface area contributed by atoms with Crippen molar-refractivity contribution >= 4 is 33.6 Å². The maximum Gasteiger partial charge on any atom is 0.266 e. The summed E-state index contributed by atoms with van der Waals surface area (Å²) in [5, 5.41) is 12.1. The van der Waals surface area contributed by atoms with Crippen molar-refractivity contribution in [3.63, 3.8) is 0 Å². The van der Waals surface area contributed by atoms with E-state index in [1.54, 1.807) is 43.5 Å². The van der Waals surface area contributed by atoms with E-state index in [-0.39, 0.29) is 5.57 Å². The van der Waals surface area contributed by atoms with Gasteiger partial charge in [-0.2, -0.15) is 5.26 Å². The van der Waals surface area contributed by atoms with Crippen molar-refractivity contribution in [3.05, 3.63) is 93.5 Å². The van der Waals surface area contributed by atoms with E-state index in [1.807, 2.05) is 43.3 Å². The van der Waals surface area contributed by atoms with Crippen LogP contribution in [0.2, 0.25) is 0 Å². The van der Waals surface area contributed by atoms with Crippen molar-refractivity contribution in [3.8, 4) is 17.6 Å². The Bertz CT molecular complexity index is 1130. The normalized spacial score (nSPS) is 10.8. The highest BCUT2D eigenvalue weighted by Gasteiger charge is 2.11. The van der Waals surface area contributed by atoms with Crippen LogP contribution in [0.5, 0.6) is 11.5 Å². The number of rotatable bonds is 7. The summed E-state index contributed by atoms with van der Waals surface area (Å²) in [7, 11) is 1.57. The molecule has 0 saturated carbocycles. The Morgan fingerprint density at radius 2 is 1.81 bits per heavy atom. The number of halogens is 1. The van der Waals surface area contributed by atoms with Gasteiger partial charge in [0.2, 0.25) is 0 Å². The Labute approximate surface area is 190 Å². The maximum atomic E-state index is 12.5. The van der Waals surface area contributed by atoms with E-state index < -0.39 is 5.91 Å². The molecule has 0 bridgehead atoms. The van der Waals surface area contributed by atoms with Crippen LogP contribution >= 0.6 is 15.9 Å². The fourth-order valence-corrected chi connectivity index (χ4v) is 3.27. The van der Waals surface area contributed by atoms with Crippen molar-refractivity contribution in [2.24, 2.45) is 0 Å². The number of hydrogen-bond donors (Lipinski definition) is 1. The quantitative estimate of drug-likeness (QED) is 0.340. The van der Waals surface area contributed by atoms with E-state index in [4.69, 9.17) is 9.47 Å². The molecule has 0 atom stereocenters. The molecule has 156 valence electrons. The van der Waals surface area contributed by atoms with E-state index in [0.29, 0.717) is 29.4 Å². The number of amides is 1. The molecule has 0 aliphatic carbocycles. The fourth-order valence-electron chi connectivity index (χ4n) is 2.76. The second-order valence-corrected chi connectivity index (χ2v) is 7.67. The lowest BCUT2D eigenvalue weighted by atomic mass is 10.1. The second-order valence-electron chi connectivity index (χ2n) is 6.82. The van der Waals surface area contributed by atoms with Crippen LogP contribution in [0.1, 0.15) is 16.7 Å². The summed E-state index contributed by atoms with van der Waals surface area (Å²) >= 11 is 3.50. The van der Waals surface area contributed by atoms with Crippen molar-refractivity contribution in [1.82, 2.24) is 0 Å². The van der Waals surface area contributed by atoms with Gasteiger partial charge in [-0.1, -0.05) is 35.9 Å². The van der Waals surface area contributed by atoms with E-state index in [2.05, 4.69) is 21.2 Å². The van der Waals surface area contributed by atoms with Gasteiger partial charge in [0.15, 0.2) is 0 Å². The first-order valence-corrected chi connectivity index (χ1v) is 10.3. The number of nitrogens with one attached hydrogen (secondary N) is 1. The lowest BCUT2D eigenvalue weighted by Gasteiger charge is -2.10. The van der Waals surface area contributed by atoms with Crippen LogP contribution in [0.25, 0.3) is 6.08 Å². The van der Waals surface area contributed by atoms with Crippen LogP contribution < -0.4 is 14.8 Å². The zero-order valence-corrected chi connectivity index (χ0v) is 18.8. The molecular weight excluding hydrogens is 456 g/mol. The van der Waals surface area contributed by atoms with Gasteiger partial charge < -0.3 is 14.8 Å². The summed E-state index contributed by atoms with van der Waals surface area (Å²) in [5.74, 6) is 0.881. The highest BCUT2D eigenvalue weighted by atomic mass is 79.9. The molecule has 0 unspecified atom stereocenters. The molecule has 0 saturated heterocycles. The summed E-state index contributed by atoms with van der Waals surface area (Å²) in [6.07, 6.45) is 1.54. The van der Waals surface area contributed by atoms with Gasteiger partial charge in [-0.05, 0) is 76.5 Å². The molecule has 5 nitrogen and oxygen atoms in total. The number of carbonyl (C=O) groups is 1. The number of nitrogens with zero attached hydrogens (tertiary/aromatic N) is 1. The molecule has 3 aromatic carbocycles. The number of anilines is 1. The Kier molecular flexibility index (Phi) is 7.47. The van der Waals surface area contributed by atoms with Gasteiger partial charge in [-0.3, -0.25) is 4.79 Å². The Morgan fingerprint density at radius 1 is 1.10 bits per heavy atom. The van der Waals surface area contributed by atoms with Gasteiger partial charge in [-0.25, -0.2) is 0 Å². The topological polar surface area (TPSA) is 71.3 Å². The largest absolute Gasteiger partial charge is 0.497 e. The third-order valence-corrected chi connectivity index (χ3v) is 5.11. The lowest BCUT2D eigenvalue weighted by Crippen LogP contribution is -2.13.